The van der Waals surface area contributed by atoms with Crippen LogP contribution in [0, 0.1) is 0 Å². The van der Waals surface area contributed by atoms with Crippen molar-refractivity contribution in [2.24, 2.45) is 0 Å². The number of amides is 1. The standard InChI is InChI=1S/C23H38N2O5.ClH/c1-5-9-15-29-20-18(23(26)25-13-11-24-12-14-25)17-19(27-7-3)21(22(20)28-8-4)30-16-10-6-2;/h17,24H,5-16H2,1-4H3;1H. The van der Waals surface area contributed by atoms with Gasteiger partial charge in [-0.3, -0.25) is 4.79 Å². The number of hydrogen-bond donors (Lipinski definition) is 1. The Morgan fingerprint density at radius 2 is 1.45 bits per heavy atom. The summed E-state index contributed by atoms with van der Waals surface area (Å²) in [5, 5.41) is 3.28. The first-order chi connectivity index (χ1) is 14.7. The summed E-state index contributed by atoms with van der Waals surface area (Å²) >= 11 is 0. The molecule has 1 N–H and O–H groups in total. The van der Waals surface area contributed by atoms with Crippen LogP contribution >= 0.6 is 12.4 Å². The monoisotopic (exact) mass is 458 g/mol. The molecule has 31 heavy (non-hydrogen) atoms. The van der Waals surface area contributed by atoms with Crippen molar-refractivity contribution in [1.29, 1.82) is 0 Å². The van der Waals surface area contributed by atoms with Crippen LogP contribution in [0.5, 0.6) is 23.0 Å². The van der Waals surface area contributed by atoms with Gasteiger partial charge >= 0.3 is 0 Å². The van der Waals surface area contributed by atoms with E-state index in [1.807, 2.05) is 18.7 Å². The van der Waals surface area contributed by atoms with Crippen LogP contribution < -0.4 is 24.3 Å². The van der Waals surface area contributed by atoms with Gasteiger partial charge in [0.15, 0.2) is 11.5 Å². The number of ether oxygens (including phenoxy) is 4. The second kappa shape index (κ2) is 15.0. The Balaban J connectivity index is 0.00000480. The highest BCUT2D eigenvalue weighted by atomic mass is 35.5. The molecule has 2 rings (SSSR count). The third-order valence-electron chi connectivity index (χ3n) is 4.87. The number of benzene rings is 1. The molecule has 7 nitrogen and oxygen atoms in total. The third kappa shape index (κ3) is 7.65. The normalized spacial score (nSPS) is 13.4. The first-order valence-electron chi connectivity index (χ1n) is 11.4. The van der Waals surface area contributed by atoms with Gasteiger partial charge in [0.25, 0.3) is 5.91 Å². The molecule has 1 aliphatic rings. The predicted octanol–water partition coefficient (Wildman–Crippen LogP) is 4.31. The minimum atomic E-state index is -0.0648. The third-order valence-corrected chi connectivity index (χ3v) is 4.87. The van der Waals surface area contributed by atoms with Crippen molar-refractivity contribution in [1.82, 2.24) is 10.2 Å². The average molecular weight is 459 g/mol. The fourth-order valence-corrected chi connectivity index (χ4v) is 3.25. The van der Waals surface area contributed by atoms with Gasteiger partial charge in [0.2, 0.25) is 11.5 Å². The molecule has 0 atom stereocenters. The first kappa shape index (κ1) is 27.2. The molecule has 1 saturated heterocycles. The largest absolute Gasteiger partial charge is 0.490 e. The highest BCUT2D eigenvalue weighted by Gasteiger charge is 2.29. The maximum atomic E-state index is 13.4. The van der Waals surface area contributed by atoms with Crippen molar-refractivity contribution in [3.05, 3.63) is 11.6 Å². The Labute approximate surface area is 193 Å². The zero-order chi connectivity index (χ0) is 21.8. The summed E-state index contributed by atoms with van der Waals surface area (Å²) in [6.45, 7) is 12.9. The van der Waals surface area contributed by atoms with E-state index in [4.69, 9.17) is 18.9 Å². The molecular formula is C23H39ClN2O5. The quantitative estimate of drug-likeness (QED) is 0.444. The molecule has 0 spiro atoms. The number of carbonyl (C=O) groups excluding carboxylic acids is 1. The number of carbonyl (C=O) groups is 1. The summed E-state index contributed by atoms with van der Waals surface area (Å²) < 4.78 is 24.1. The number of halogens is 1. The van der Waals surface area contributed by atoms with E-state index in [0.29, 0.717) is 68.1 Å². The van der Waals surface area contributed by atoms with Crippen LogP contribution in [0.15, 0.2) is 6.07 Å². The van der Waals surface area contributed by atoms with Gasteiger partial charge in [-0.2, -0.15) is 0 Å². The number of unbranched alkanes of at least 4 members (excludes halogenated alkanes) is 2. The zero-order valence-corrected chi connectivity index (χ0v) is 20.3. The average Bonchev–Trinajstić information content (AvgIpc) is 2.77. The summed E-state index contributed by atoms with van der Waals surface area (Å²) in [7, 11) is 0. The van der Waals surface area contributed by atoms with Crippen molar-refractivity contribution in [2.45, 2.75) is 53.4 Å². The Bertz CT molecular complexity index is 666. The van der Waals surface area contributed by atoms with E-state index < -0.39 is 0 Å². The van der Waals surface area contributed by atoms with Gasteiger partial charge in [0.1, 0.15) is 0 Å². The smallest absolute Gasteiger partial charge is 0.258 e. The SMILES string of the molecule is CCCCOc1c(OCC)cc(C(=O)N2CCNCC2)c(OCCCC)c1OCC.Cl. The van der Waals surface area contributed by atoms with Crippen LogP contribution in [0.2, 0.25) is 0 Å². The molecule has 1 aromatic rings. The number of rotatable bonds is 13. The molecule has 0 unspecified atom stereocenters. The lowest BCUT2D eigenvalue weighted by Crippen LogP contribution is -2.46. The van der Waals surface area contributed by atoms with Crippen molar-refractivity contribution < 1.29 is 23.7 Å². The lowest BCUT2D eigenvalue weighted by molar-refractivity contribution is 0.0729. The molecule has 1 aliphatic heterocycles. The summed E-state index contributed by atoms with van der Waals surface area (Å²) in [5.41, 5.74) is 0.475. The van der Waals surface area contributed by atoms with Gasteiger partial charge in [-0.05, 0) is 26.7 Å². The highest BCUT2D eigenvalue weighted by molar-refractivity contribution is 5.99. The van der Waals surface area contributed by atoms with Gasteiger partial charge in [-0.15, -0.1) is 12.4 Å². The maximum absolute atomic E-state index is 13.4. The van der Waals surface area contributed by atoms with Crippen molar-refractivity contribution in [3.8, 4) is 23.0 Å². The van der Waals surface area contributed by atoms with Gasteiger partial charge in [0, 0.05) is 32.2 Å². The van der Waals surface area contributed by atoms with E-state index in [9.17, 15) is 4.79 Å². The van der Waals surface area contributed by atoms with Crippen LogP contribution in [0.25, 0.3) is 0 Å². The van der Waals surface area contributed by atoms with Crippen molar-refractivity contribution in [3.63, 3.8) is 0 Å². The molecule has 1 heterocycles. The van der Waals surface area contributed by atoms with E-state index in [0.717, 1.165) is 38.8 Å². The molecule has 1 aromatic carbocycles. The van der Waals surface area contributed by atoms with Crippen molar-refractivity contribution in [2.75, 3.05) is 52.6 Å². The summed E-state index contributed by atoms with van der Waals surface area (Å²) in [6, 6.07) is 1.76. The zero-order valence-electron chi connectivity index (χ0n) is 19.5. The summed E-state index contributed by atoms with van der Waals surface area (Å²) in [6.07, 6.45) is 3.84. The van der Waals surface area contributed by atoms with Crippen molar-refractivity contribution >= 4 is 18.3 Å². The number of nitrogens with zero attached hydrogens (tertiary/aromatic N) is 1. The minimum absolute atomic E-state index is 0. The minimum Gasteiger partial charge on any atom is -0.490 e. The Morgan fingerprint density at radius 1 is 0.871 bits per heavy atom. The van der Waals surface area contributed by atoms with E-state index >= 15 is 0 Å². The molecule has 0 aromatic heterocycles. The van der Waals surface area contributed by atoms with Crippen LogP contribution in [-0.2, 0) is 0 Å². The second-order valence-corrected chi connectivity index (χ2v) is 7.22. The lowest BCUT2D eigenvalue weighted by Gasteiger charge is -2.29. The highest BCUT2D eigenvalue weighted by Crippen LogP contribution is 2.48. The lowest BCUT2D eigenvalue weighted by atomic mass is 10.1. The summed E-state index contributed by atoms with van der Waals surface area (Å²) in [4.78, 5) is 15.3. The molecule has 0 bridgehead atoms. The molecule has 178 valence electrons. The van der Waals surface area contributed by atoms with E-state index in [1.54, 1.807) is 6.07 Å². The van der Waals surface area contributed by atoms with E-state index in [1.165, 1.54) is 0 Å². The fourth-order valence-electron chi connectivity index (χ4n) is 3.25. The number of hydrogen-bond acceptors (Lipinski definition) is 6. The Kier molecular flexibility index (Phi) is 13.2. The fraction of sp³-hybridized carbons (Fsp3) is 0.696. The molecule has 1 amide bonds. The molecule has 0 aliphatic carbocycles. The molecular weight excluding hydrogens is 420 g/mol. The first-order valence-corrected chi connectivity index (χ1v) is 11.4. The maximum Gasteiger partial charge on any atom is 0.258 e. The van der Waals surface area contributed by atoms with Gasteiger partial charge in [-0.25, -0.2) is 0 Å². The van der Waals surface area contributed by atoms with Crippen LogP contribution in [0.1, 0.15) is 63.7 Å². The topological polar surface area (TPSA) is 69.3 Å². The molecule has 1 fully saturated rings. The number of nitrogens with one attached hydrogen (secondary N) is 1. The van der Waals surface area contributed by atoms with Crippen LogP contribution in [0.3, 0.4) is 0 Å². The van der Waals surface area contributed by atoms with Crippen LogP contribution in [0.4, 0.5) is 0 Å². The predicted molar refractivity (Wildman–Crippen MR) is 126 cm³/mol. The van der Waals surface area contributed by atoms with E-state index in [2.05, 4.69) is 19.2 Å². The molecule has 8 heteroatoms. The molecule has 0 radical (unpaired) electrons. The molecule has 0 saturated carbocycles. The second-order valence-electron chi connectivity index (χ2n) is 7.22. The Hall–Kier alpha value is -1.86. The van der Waals surface area contributed by atoms with Crippen LogP contribution in [-0.4, -0.2) is 63.4 Å². The summed E-state index contributed by atoms with van der Waals surface area (Å²) in [5.74, 6) is 1.91. The number of piperazine rings is 1. The Morgan fingerprint density at radius 3 is 2.00 bits per heavy atom. The van der Waals surface area contributed by atoms with E-state index in [-0.39, 0.29) is 18.3 Å². The van der Waals surface area contributed by atoms with Gasteiger partial charge in [0.05, 0.1) is 32.0 Å². The van der Waals surface area contributed by atoms with Gasteiger partial charge in [-0.1, -0.05) is 26.7 Å². The van der Waals surface area contributed by atoms with Gasteiger partial charge < -0.3 is 29.2 Å².